The standard InChI is InChI=1S/C7H18O4Si/c1-12(2,3)7(11)6(10)5(9)4-8/h5-11H,4H2,1-3H3/t5-,6+,7?/m1/s1. The van der Waals surface area contributed by atoms with Crippen LogP contribution in [0.25, 0.3) is 0 Å². The average molecular weight is 194 g/mol. The van der Waals surface area contributed by atoms with Crippen molar-refractivity contribution in [2.45, 2.75) is 37.6 Å². The van der Waals surface area contributed by atoms with Crippen molar-refractivity contribution in [3.05, 3.63) is 0 Å². The minimum atomic E-state index is -1.87. The van der Waals surface area contributed by atoms with E-state index in [4.69, 9.17) is 10.2 Å². The van der Waals surface area contributed by atoms with E-state index in [2.05, 4.69) is 0 Å². The number of hydrogen-bond acceptors (Lipinski definition) is 4. The topological polar surface area (TPSA) is 80.9 Å². The quantitative estimate of drug-likeness (QED) is 0.430. The van der Waals surface area contributed by atoms with E-state index in [-0.39, 0.29) is 0 Å². The van der Waals surface area contributed by atoms with E-state index in [0.717, 1.165) is 0 Å². The van der Waals surface area contributed by atoms with Crippen LogP contribution < -0.4 is 0 Å². The van der Waals surface area contributed by atoms with Crippen LogP contribution in [0.2, 0.25) is 19.6 Å². The van der Waals surface area contributed by atoms with Gasteiger partial charge in [-0.1, -0.05) is 19.6 Å². The van der Waals surface area contributed by atoms with Gasteiger partial charge in [-0.15, -0.1) is 0 Å². The third kappa shape index (κ3) is 3.20. The largest absolute Gasteiger partial charge is 0.394 e. The van der Waals surface area contributed by atoms with Gasteiger partial charge in [-0.2, -0.15) is 0 Å². The number of hydrogen-bond donors (Lipinski definition) is 4. The van der Waals surface area contributed by atoms with E-state index in [1.54, 1.807) is 0 Å². The van der Waals surface area contributed by atoms with E-state index in [1.165, 1.54) is 0 Å². The van der Waals surface area contributed by atoms with Crippen molar-refractivity contribution in [3.8, 4) is 0 Å². The van der Waals surface area contributed by atoms with Gasteiger partial charge in [-0.3, -0.25) is 0 Å². The average Bonchev–Trinajstić information content (AvgIpc) is 1.98. The van der Waals surface area contributed by atoms with Crippen LogP contribution in [0.3, 0.4) is 0 Å². The highest BCUT2D eigenvalue weighted by molar-refractivity contribution is 6.77. The molecule has 0 heterocycles. The van der Waals surface area contributed by atoms with Gasteiger partial charge in [0.2, 0.25) is 0 Å². The second-order valence-corrected chi connectivity index (χ2v) is 9.37. The first-order valence-corrected chi connectivity index (χ1v) is 7.53. The van der Waals surface area contributed by atoms with E-state index in [9.17, 15) is 10.2 Å². The summed E-state index contributed by atoms with van der Waals surface area (Å²) in [5.74, 6) is 0. The molecule has 0 bridgehead atoms. The molecule has 12 heavy (non-hydrogen) atoms. The first kappa shape index (κ1) is 12.1. The highest BCUT2D eigenvalue weighted by atomic mass is 28.3. The monoisotopic (exact) mass is 194 g/mol. The highest BCUT2D eigenvalue weighted by Gasteiger charge is 2.34. The molecule has 5 heteroatoms. The number of aliphatic hydroxyl groups excluding tert-OH is 4. The molecule has 0 radical (unpaired) electrons. The van der Waals surface area contributed by atoms with Crippen LogP contribution in [0.1, 0.15) is 0 Å². The fourth-order valence-electron chi connectivity index (χ4n) is 0.831. The Labute approximate surface area is 73.5 Å². The molecular weight excluding hydrogens is 176 g/mol. The van der Waals surface area contributed by atoms with E-state index in [0.29, 0.717) is 0 Å². The van der Waals surface area contributed by atoms with E-state index in [1.807, 2.05) is 19.6 Å². The van der Waals surface area contributed by atoms with Crippen LogP contribution in [0.5, 0.6) is 0 Å². The smallest absolute Gasteiger partial charge is 0.105 e. The Balaban J connectivity index is 4.19. The Morgan fingerprint density at radius 2 is 1.50 bits per heavy atom. The summed E-state index contributed by atoms with van der Waals surface area (Å²) < 4.78 is 0. The molecule has 0 saturated carbocycles. The molecule has 0 aromatic rings. The maximum atomic E-state index is 9.50. The zero-order valence-electron chi connectivity index (χ0n) is 7.73. The lowest BCUT2D eigenvalue weighted by atomic mass is 10.2. The SMILES string of the molecule is C[Si](C)(C)C(O)[C@@H](O)[C@H](O)CO. The van der Waals surface area contributed by atoms with Gasteiger partial charge >= 0.3 is 0 Å². The summed E-state index contributed by atoms with van der Waals surface area (Å²) in [5.41, 5.74) is -0.903. The Morgan fingerprint density at radius 3 is 1.75 bits per heavy atom. The summed E-state index contributed by atoms with van der Waals surface area (Å²) in [7, 11) is -1.87. The molecule has 74 valence electrons. The lowest BCUT2D eigenvalue weighted by Crippen LogP contribution is -2.52. The highest BCUT2D eigenvalue weighted by Crippen LogP contribution is 2.13. The van der Waals surface area contributed by atoms with Crippen molar-refractivity contribution in [2.24, 2.45) is 0 Å². The molecule has 0 aliphatic rings. The van der Waals surface area contributed by atoms with Gasteiger partial charge in [0.1, 0.15) is 12.2 Å². The Kier molecular flexibility index (Phi) is 4.36. The third-order valence-corrected chi connectivity index (χ3v) is 3.91. The summed E-state index contributed by atoms with van der Waals surface area (Å²) in [6, 6.07) is 0. The van der Waals surface area contributed by atoms with Crippen LogP contribution in [-0.4, -0.2) is 53.0 Å². The molecule has 0 aliphatic carbocycles. The van der Waals surface area contributed by atoms with Crippen molar-refractivity contribution in [1.29, 1.82) is 0 Å². The summed E-state index contributed by atoms with van der Waals surface area (Å²) in [6.07, 6.45) is -2.48. The molecule has 4 nitrogen and oxygen atoms in total. The third-order valence-electron chi connectivity index (χ3n) is 1.79. The van der Waals surface area contributed by atoms with Gasteiger partial charge in [0.05, 0.1) is 20.4 Å². The van der Waals surface area contributed by atoms with Gasteiger partial charge in [0, 0.05) is 0 Å². The summed E-state index contributed by atoms with van der Waals surface area (Å²) >= 11 is 0. The first-order valence-electron chi connectivity index (χ1n) is 3.95. The molecule has 0 spiro atoms. The van der Waals surface area contributed by atoms with Crippen molar-refractivity contribution in [2.75, 3.05) is 6.61 Å². The molecule has 0 aromatic carbocycles. The minimum absolute atomic E-state index is 0.525. The predicted molar refractivity (Wildman–Crippen MR) is 48.5 cm³/mol. The normalized spacial score (nSPS) is 20.2. The molecule has 0 aliphatic heterocycles. The van der Waals surface area contributed by atoms with Gasteiger partial charge in [0.25, 0.3) is 0 Å². The number of rotatable bonds is 4. The Hall–Kier alpha value is 0.0569. The van der Waals surface area contributed by atoms with Crippen molar-refractivity contribution in [1.82, 2.24) is 0 Å². The van der Waals surface area contributed by atoms with Crippen molar-refractivity contribution in [3.63, 3.8) is 0 Å². The van der Waals surface area contributed by atoms with Crippen LogP contribution in [-0.2, 0) is 0 Å². The second kappa shape index (κ2) is 4.34. The zero-order chi connectivity index (χ0) is 9.94. The summed E-state index contributed by atoms with van der Waals surface area (Å²) in [5, 5.41) is 36.3. The van der Waals surface area contributed by atoms with Crippen molar-refractivity contribution >= 4 is 8.07 Å². The van der Waals surface area contributed by atoms with Gasteiger partial charge in [-0.05, 0) is 0 Å². The van der Waals surface area contributed by atoms with Gasteiger partial charge in [0.15, 0.2) is 0 Å². The molecule has 0 rings (SSSR count). The number of aliphatic hydroxyl groups is 4. The molecule has 0 aromatic heterocycles. The Bertz CT molecular complexity index is 134. The fourth-order valence-corrected chi connectivity index (χ4v) is 2.08. The van der Waals surface area contributed by atoms with E-state index >= 15 is 0 Å². The summed E-state index contributed by atoms with van der Waals surface area (Å²) in [6.45, 7) is 5.11. The molecular formula is C7H18O4Si. The maximum absolute atomic E-state index is 9.50. The molecule has 0 fully saturated rings. The van der Waals surface area contributed by atoms with Crippen LogP contribution in [0, 0.1) is 0 Å². The summed E-state index contributed by atoms with van der Waals surface area (Å²) in [4.78, 5) is 0. The molecule has 0 amide bonds. The lowest BCUT2D eigenvalue weighted by Gasteiger charge is -2.30. The molecule has 0 saturated heterocycles. The van der Waals surface area contributed by atoms with Crippen LogP contribution >= 0.6 is 0 Å². The minimum Gasteiger partial charge on any atom is -0.394 e. The first-order chi connectivity index (χ1) is 5.30. The second-order valence-electron chi connectivity index (χ2n) is 4.05. The fraction of sp³-hybridized carbons (Fsp3) is 1.00. The van der Waals surface area contributed by atoms with Crippen molar-refractivity contribution < 1.29 is 20.4 Å². The molecule has 3 atom stereocenters. The Morgan fingerprint density at radius 1 is 1.08 bits per heavy atom. The maximum Gasteiger partial charge on any atom is 0.105 e. The molecule has 1 unspecified atom stereocenters. The zero-order valence-corrected chi connectivity index (χ0v) is 8.73. The molecule has 4 N–H and O–H groups in total. The predicted octanol–water partition coefficient (Wildman–Crippen LogP) is -1.06. The van der Waals surface area contributed by atoms with E-state index < -0.39 is 32.6 Å². The van der Waals surface area contributed by atoms with Crippen LogP contribution in [0.15, 0.2) is 0 Å². The van der Waals surface area contributed by atoms with Crippen LogP contribution in [0.4, 0.5) is 0 Å². The lowest BCUT2D eigenvalue weighted by molar-refractivity contribution is -0.0545. The van der Waals surface area contributed by atoms with Gasteiger partial charge < -0.3 is 20.4 Å². The van der Waals surface area contributed by atoms with Gasteiger partial charge in [-0.25, -0.2) is 0 Å².